The zero-order chi connectivity index (χ0) is 6.97. The Morgan fingerprint density at radius 2 is 2.50 bits per heavy atom. The highest BCUT2D eigenvalue weighted by Crippen LogP contribution is 2.39. The summed E-state index contributed by atoms with van der Waals surface area (Å²) in [6.45, 7) is 0. The van der Waals surface area contributed by atoms with Crippen LogP contribution in [0, 0.1) is 0 Å². The van der Waals surface area contributed by atoms with Crippen molar-refractivity contribution in [3.05, 3.63) is 17.5 Å². The van der Waals surface area contributed by atoms with Crippen molar-refractivity contribution in [2.75, 3.05) is 0 Å². The van der Waals surface area contributed by atoms with Gasteiger partial charge in [-0.25, -0.2) is 0 Å². The van der Waals surface area contributed by atoms with E-state index in [-0.39, 0.29) is 0 Å². The van der Waals surface area contributed by atoms with Crippen molar-refractivity contribution in [1.82, 2.24) is 10.2 Å². The molecule has 1 saturated carbocycles. The summed E-state index contributed by atoms with van der Waals surface area (Å²) in [4.78, 5) is 10.4. The Balaban J connectivity index is 2.37. The summed E-state index contributed by atoms with van der Waals surface area (Å²) in [6, 6.07) is 0. The van der Waals surface area contributed by atoms with Gasteiger partial charge in [-0.1, -0.05) is 0 Å². The Hall–Kier alpha value is -1.12. The first kappa shape index (κ1) is 5.65. The van der Waals surface area contributed by atoms with Crippen molar-refractivity contribution in [2.45, 2.75) is 18.8 Å². The normalized spacial score (nSPS) is 17.2. The lowest BCUT2D eigenvalue weighted by atomic mass is 10.2. The first-order valence-electron chi connectivity index (χ1n) is 3.40. The second kappa shape index (κ2) is 1.94. The molecule has 0 aromatic carbocycles. The van der Waals surface area contributed by atoms with Gasteiger partial charge in [0.25, 0.3) is 0 Å². The van der Waals surface area contributed by atoms with E-state index >= 15 is 0 Å². The number of nitrogens with one attached hydrogen (secondary N) is 1. The molecule has 0 bridgehead atoms. The third-order valence-electron chi connectivity index (χ3n) is 1.81. The van der Waals surface area contributed by atoms with Gasteiger partial charge in [0.05, 0.1) is 11.8 Å². The fourth-order valence-electron chi connectivity index (χ4n) is 1.10. The minimum atomic E-state index is 0.586. The van der Waals surface area contributed by atoms with Crippen LogP contribution in [0.25, 0.3) is 0 Å². The Morgan fingerprint density at radius 1 is 1.70 bits per heavy atom. The van der Waals surface area contributed by atoms with E-state index in [4.69, 9.17) is 0 Å². The Morgan fingerprint density at radius 3 is 3.10 bits per heavy atom. The summed E-state index contributed by atoms with van der Waals surface area (Å²) in [5.74, 6) is 0.586. The maximum Gasteiger partial charge on any atom is 0.153 e. The fourth-order valence-corrected chi connectivity index (χ4v) is 1.10. The molecular formula is C7H8N2O. The van der Waals surface area contributed by atoms with E-state index in [0.29, 0.717) is 5.92 Å². The second-order valence-electron chi connectivity index (χ2n) is 2.63. The third-order valence-corrected chi connectivity index (χ3v) is 1.81. The van der Waals surface area contributed by atoms with E-state index in [1.165, 1.54) is 12.8 Å². The molecule has 0 saturated heterocycles. The monoisotopic (exact) mass is 136 g/mol. The number of H-pyrrole nitrogens is 1. The van der Waals surface area contributed by atoms with Gasteiger partial charge in [0.2, 0.25) is 0 Å². The van der Waals surface area contributed by atoms with Crippen LogP contribution in [0.4, 0.5) is 0 Å². The van der Waals surface area contributed by atoms with Crippen LogP contribution in [-0.4, -0.2) is 16.5 Å². The van der Waals surface area contributed by atoms with Gasteiger partial charge < -0.3 is 0 Å². The lowest BCUT2D eigenvalue weighted by Crippen LogP contribution is -1.85. The van der Waals surface area contributed by atoms with Gasteiger partial charge in [-0.3, -0.25) is 9.89 Å². The number of aromatic nitrogens is 2. The van der Waals surface area contributed by atoms with Crippen molar-refractivity contribution < 1.29 is 4.79 Å². The standard InChI is InChI=1S/C7H8N2O/c10-4-6-3-8-9-7(6)5-1-2-5/h3-5H,1-2H2,(H,8,9). The van der Waals surface area contributed by atoms with E-state index in [1.807, 2.05) is 0 Å². The van der Waals surface area contributed by atoms with Crippen LogP contribution in [0.15, 0.2) is 6.20 Å². The SMILES string of the molecule is O=Cc1cn[nH]c1C1CC1. The highest BCUT2D eigenvalue weighted by molar-refractivity contribution is 5.76. The van der Waals surface area contributed by atoms with Crippen molar-refractivity contribution in [3.63, 3.8) is 0 Å². The highest BCUT2D eigenvalue weighted by atomic mass is 16.1. The third kappa shape index (κ3) is 0.744. The number of hydrogen-bond donors (Lipinski definition) is 1. The maximum absolute atomic E-state index is 10.4. The minimum absolute atomic E-state index is 0.586. The molecule has 3 heteroatoms. The van der Waals surface area contributed by atoms with Gasteiger partial charge in [0.15, 0.2) is 6.29 Å². The van der Waals surface area contributed by atoms with E-state index < -0.39 is 0 Å². The van der Waals surface area contributed by atoms with Crippen LogP contribution >= 0.6 is 0 Å². The summed E-state index contributed by atoms with van der Waals surface area (Å²) in [6.07, 6.45) is 4.84. The molecule has 1 aromatic rings. The van der Waals surface area contributed by atoms with Gasteiger partial charge in [-0.15, -0.1) is 0 Å². The number of carbonyl (C=O) groups is 1. The Labute approximate surface area is 58.4 Å². The summed E-state index contributed by atoms with van der Waals surface area (Å²) < 4.78 is 0. The fraction of sp³-hybridized carbons (Fsp3) is 0.429. The molecule has 1 aliphatic rings. The van der Waals surface area contributed by atoms with Crippen molar-refractivity contribution >= 4 is 6.29 Å². The molecule has 1 heterocycles. The summed E-state index contributed by atoms with van der Waals surface area (Å²) in [7, 11) is 0. The van der Waals surface area contributed by atoms with Crippen LogP contribution < -0.4 is 0 Å². The Bertz CT molecular complexity index is 250. The number of rotatable bonds is 2. The van der Waals surface area contributed by atoms with E-state index in [0.717, 1.165) is 17.5 Å². The Kier molecular flexibility index (Phi) is 1.09. The minimum Gasteiger partial charge on any atom is -0.298 e. The van der Waals surface area contributed by atoms with Gasteiger partial charge in [0, 0.05) is 11.6 Å². The average molecular weight is 136 g/mol. The van der Waals surface area contributed by atoms with E-state index in [1.54, 1.807) is 6.20 Å². The van der Waals surface area contributed by atoms with Crippen LogP contribution in [-0.2, 0) is 0 Å². The average Bonchev–Trinajstić information content (AvgIpc) is 2.69. The zero-order valence-corrected chi connectivity index (χ0v) is 5.50. The molecule has 0 radical (unpaired) electrons. The topological polar surface area (TPSA) is 45.8 Å². The molecule has 0 amide bonds. The summed E-state index contributed by atoms with van der Waals surface area (Å²) >= 11 is 0. The lowest BCUT2D eigenvalue weighted by molar-refractivity contribution is 0.112. The van der Waals surface area contributed by atoms with Crippen molar-refractivity contribution in [3.8, 4) is 0 Å². The molecule has 2 rings (SSSR count). The number of nitrogens with zero attached hydrogens (tertiary/aromatic N) is 1. The summed E-state index contributed by atoms with van der Waals surface area (Å²) in [5.41, 5.74) is 1.75. The molecule has 52 valence electrons. The quantitative estimate of drug-likeness (QED) is 0.619. The molecular weight excluding hydrogens is 128 g/mol. The first-order chi connectivity index (χ1) is 4.92. The first-order valence-corrected chi connectivity index (χ1v) is 3.40. The molecule has 10 heavy (non-hydrogen) atoms. The molecule has 1 aromatic heterocycles. The van der Waals surface area contributed by atoms with Crippen LogP contribution in [0.3, 0.4) is 0 Å². The predicted octanol–water partition coefficient (Wildman–Crippen LogP) is 1.10. The van der Waals surface area contributed by atoms with Crippen LogP contribution in [0.2, 0.25) is 0 Å². The van der Waals surface area contributed by atoms with Crippen molar-refractivity contribution in [1.29, 1.82) is 0 Å². The number of aldehydes is 1. The number of aromatic amines is 1. The highest BCUT2D eigenvalue weighted by Gasteiger charge is 2.27. The van der Waals surface area contributed by atoms with Crippen LogP contribution in [0.5, 0.6) is 0 Å². The predicted molar refractivity (Wildman–Crippen MR) is 36.0 cm³/mol. The molecule has 0 atom stereocenters. The zero-order valence-electron chi connectivity index (χ0n) is 5.50. The van der Waals surface area contributed by atoms with E-state index in [9.17, 15) is 4.79 Å². The number of carbonyl (C=O) groups excluding carboxylic acids is 1. The molecule has 3 nitrogen and oxygen atoms in total. The molecule has 0 aliphatic heterocycles. The molecule has 1 N–H and O–H groups in total. The van der Waals surface area contributed by atoms with Gasteiger partial charge in [0.1, 0.15) is 0 Å². The molecule has 1 fully saturated rings. The van der Waals surface area contributed by atoms with E-state index in [2.05, 4.69) is 10.2 Å². The van der Waals surface area contributed by atoms with Crippen LogP contribution in [0.1, 0.15) is 34.8 Å². The summed E-state index contributed by atoms with van der Waals surface area (Å²) in [5, 5.41) is 6.64. The molecule has 1 aliphatic carbocycles. The number of hydrogen-bond acceptors (Lipinski definition) is 2. The van der Waals surface area contributed by atoms with Gasteiger partial charge in [-0.05, 0) is 12.8 Å². The van der Waals surface area contributed by atoms with Gasteiger partial charge in [-0.2, -0.15) is 5.10 Å². The molecule has 0 unspecified atom stereocenters. The van der Waals surface area contributed by atoms with Crippen molar-refractivity contribution in [2.24, 2.45) is 0 Å². The largest absolute Gasteiger partial charge is 0.298 e. The smallest absolute Gasteiger partial charge is 0.153 e. The molecule has 0 spiro atoms. The maximum atomic E-state index is 10.4. The lowest BCUT2D eigenvalue weighted by Gasteiger charge is -1.89. The van der Waals surface area contributed by atoms with Gasteiger partial charge >= 0.3 is 0 Å². The second-order valence-corrected chi connectivity index (χ2v) is 2.63.